The molecule has 22 heavy (non-hydrogen) atoms. The number of rotatable bonds is 4. The number of hydrogen-bond donors (Lipinski definition) is 2. The van der Waals surface area contributed by atoms with Gasteiger partial charge in [-0.2, -0.15) is 0 Å². The lowest BCUT2D eigenvalue weighted by Gasteiger charge is -2.12. The minimum absolute atomic E-state index is 0.0393. The summed E-state index contributed by atoms with van der Waals surface area (Å²) in [5.74, 6) is -0.445. The van der Waals surface area contributed by atoms with Crippen molar-refractivity contribution >= 4 is 29.0 Å². The van der Waals surface area contributed by atoms with Gasteiger partial charge >= 0.3 is 6.09 Å². The van der Waals surface area contributed by atoms with E-state index in [1.807, 2.05) is 0 Å². The quantitative estimate of drug-likeness (QED) is 0.809. The van der Waals surface area contributed by atoms with Crippen LogP contribution >= 0.6 is 12.2 Å². The van der Waals surface area contributed by atoms with Crippen molar-refractivity contribution in [2.45, 2.75) is 12.5 Å². The number of anilines is 1. The van der Waals surface area contributed by atoms with Gasteiger partial charge in [0.2, 0.25) is 5.43 Å². The number of ether oxygens (including phenoxy) is 1. The topological polar surface area (TPSA) is 78.9 Å². The summed E-state index contributed by atoms with van der Waals surface area (Å²) in [6.45, 7) is 0.0685. The highest BCUT2D eigenvalue weighted by molar-refractivity contribution is 7.80. The Labute approximate surface area is 129 Å². The molecule has 1 saturated heterocycles. The fourth-order valence-electron chi connectivity index (χ4n) is 1.86. The first kappa shape index (κ1) is 16.1. The lowest BCUT2D eigenvalue weighted by molar-refractivity contribution is 0.142. The zero-order valence-corrected chi connectivity index (χ0v) is 12.0. The lowest BCUT2D eigenvalue weighted by Crippen LogP contribution is -2.36. The summed E-state index contributed by atoms with van der Waals surface area (Å²) in [5.41, 5.74) is -0.236. The van der Waals surface area contributed by atoms with Crippen molar-refractivity contribution in [2.24, 2.45) is 0 Å². The number of nitrogens with zero attached hydrogens (tertiary/aromatic N) is 1. The first-order valence-corrected chi connectivity index (χ1v) is 6.66. The van der Waals surface area contributed by atoms with Crippen LogP contribution in [0.4, 0.5) is 19.3 Å². The Hall–Kier alpha value is -2.29. The summed E-state index contributed by atoms with van der Waals surface area (Å²) in [6.07, 6.45) is -4.10. The highest BCUT2D eigenvalue weighted by atomic mass is 32.1. The number of hydrogen-bond acceptors (Lipinski definition) is 5. The minimum atomic E-state index is -2.77. The second-order valence-corrected chi connectivity index (χ2v) is 4.94. The Morgan fingerprint density at radius 3 is 2.77 bits per heavy atom. The normalized spacial score (nSPS) is 17.5. The molecule has 1 unspecified atom stereocenters. The predicted molar refractivity (Wildman–Crippen MR) is 78.6 cm³/mol. The highest BCUT2D eigenvalue weighted by Crippen LogP contribution is 2.21. The van der Waals surface area contributed by atoms with E-state index in [9.17, 15) is 23.5 Å². The maximum atomic E-state index is 12.3. The van der Waals surface area contributed by atoms with E-state index in [1.54, 1.807) is 0 Å². The number of nitrogens with one attached hydrogen (secondary N) is 1. The third kappa shape index (κ3) is 3.67. The van der Waals surface area contributed by atoms with Gasteiger partial charge in [-0.1, -0.05) is 12.2 Å². The van der Waals surface area contributed by atoms with Crippen LogP contribution in [0.15, 0.2) is 29.1 Å². The maximum Gasteiger partial charge on any atom is 0.414 e. The molecular weight excluding hydrogens is 318 g/mol. The fourth-order valence-corrected chi connectivity index (χ4v) is 1.94. The Balaban J connectivity index is 2.05. The van der Waals surface area contributed by atoms with Crippen LogP contribution in [0, 0.1) is 0 Å². The Morgan fingerprint density at radius 2 is 2.09 bits per heavy atom. The van der Waals surface area contributed by atoms with Crippen LogP contribution in [0.3, 0.4) is 0 Å². The molecule has 1 aromatic carbocycles. The number of alkyl halides is 2. The molecule has 9 heteroatoms. The van der Waals surface area contributed by atoms with Crippen molar-refractivity contribution in [3.63, 3.8) is 0 Å². The second kappa shape index (κ2) is 6.65. The zero-order chi connectivity index (χ0) is 16.3. The minimum Gasteiger partial charge on any atom is -0.504 e. The molecule has 6 nitrogen and oxygen atoms in total. The van der Waals surface area contributed by atoms with Gasteiger partial charge in [-0.25, -0.2) is 13.6 Å². The number of carbonyl (C=O) groups excluding carboxylic acids is 1. The highest BCUT2D eigenvalue weighted by Gasteiger charge is 2.32. The summed E-state index contributed by atoms with van der Waals surface area (Å²) < 4.78 is 29.6. The molecule has 1 atom stereocenters. The molecule has 0 saturated carbocycles. The molecule has 0 spiro atoms. The number of carbonyl (C=O) groups is 1. The molecule has 1 aromatic rings. The number of halogens is 2. The van der Waals surface area contributed by atoms with Gasteiger partial charge in [0, 0.05) is 5.69 Å². The first-order chi connectivity index (χ1) is 10.4. The van der Waals surface area contributed by atoms with Crippen molar-refractivity contribution in [1.29, 1.82) is 0 Å². The van der Waals surface area contributed by atoms with Gasteiger partial charge in [0.05, 0.1) is 13.1 Å². The third-order valence-corrected chi connectivity index (χ3v) is 3.28. The van der Waals surface area contributed by atoms with Crippen LogP contribution < -0.4 is 15.6 Å². The standard InChI is InChI=1S/C13H12F2N2O4S/c14-11(15)12(22)16-5-8-6-17(13(20)21-8)7-1-3-9(18)10(19)4-2-7/h1-4,8,11H,5-6H2,(H,16,22)(H,18,19). The molecular formula is C13H12F2N2O4S. The average molecular weight is 330 g/mol. The van der Waals surface area contributed by atoms with Gasteiger partial charge in [-0.3, -0.25) is 9.69 Å². The van der Waals surface area contributed by atoms with E-state index in [-0.39, 0.29) is 13.1 Å². The van der Waals surface area contributed by atoms with Gasteiger partial charge in [0.25, 0.3) is 6.43 Å². The van der Waals surface area contributed by atoms with Crippen LogP contribution in [-0.2, 0) is 4.74 Å². The van der Waals surface area contributed by atoms with Crippen molar-refractivity contribution < 1.29 is 23.4 Å². The number of thiocarbonyl (C=S) groups is 1. The molecule has 0 radical (unpaired) electrons. The summed E-state index contributed by atoms with van der Waals surface area (Å²) in [6, 6.07) is 5.04. The van der Waals surface area contributed by atoms with E-state index in [0.717, 1.165) is 6.07 Å². The van der Waals surface area contributed by atoms with Crippen molar-refractivity contribution in [2.75, 3.05) is 18.0 Å². The van der Waals surface area contributed by atoms with Crippen LogP contribution in [-0.4, -0.2) is 41.8 Å². The molecule has 0 bridgehead atoms. The smallest absolute Gasteiger partial charge is 0.414 e. The largest absolute Gasteiger partial charge is 0.504 e. The van der Waals surface area contributed by atoms with Gasteiger partial charge < -0.3 is 15.2 Å². The van der Waals surface area contributed by atoms with E-state index < -0.39 is 34.8 Å². The Kier molecular flexibility index (Phi) is 4.86. The number of amides is 1. The molecule has 1 amide bonds. The number of aromatic hydroxyl groups is 1. The first-order valence-electron chi connectivity index (χ1n) is 6.26. The van der Waals surface area contributed by atoms with Crippen LogP contribution in [0.5, 0.6) is 5.75 Å². The van der Waals surface area contributed by atoms with Crippen LogP contribution in [0.25, 0.3) is 0 Å². The molecule has 1 aliphatic heterocycles. The van der Waals surface area contributed by atoms with E-state index in [1.165, 1.54) is 23.1 Å². The van der Waals surface area contributed by atoms with Crippen molar-refractivity contribution in [3.05, 3.63) is 34.5 Å². The fraction of sp³-hybridized carbons (Fsp3) is 0.308. The van der Waals surface area contributed by atoms with E-state index >= 15 is 0 Å². The van der Waals surface area contributed by atoms with E-state index in [2.05, 4.69) is 17.5 Å². The molecule has 2 N–H and O–H groups in total. The lowest BCUT2D eigenvalue weighted by atomic mass is 10.3. The van der Waals surface area contributed by atoms with Crippen LogP contribution in [0.1, 0.15) is 0 Å². The number of cyclic esters (lactones) is 1. The molecule has 1 aliphatic rings. The van der Waals surface area contributed by atoms with Gasteiger partial charge in [-0.05, 0) is 24.3 Å². The predicted octanol–water partition coefficient (Wildman–Crippen LogP) is 1.26. The summed E-state index contributed by atoms with van der Waals surface area (Å²) in [7, 11) is 0. The second-order valence-electron chi connectivity index (χ2n) is 4.50. The third-order valence-electron chi connectivity index (χ3n) is 2.96. The van der Waals surface area contributed by atoms with Gasteiger partial charge in [-0.15, -0.1) is 0 Å². The summed E-state index contributed by atoms with van der Waals surface area (Å²) in [4.78, 5) is 23.7. The SMILES string of the molecule is O=C1OC(CNC(=S)C(F)F)CN1c1ccc(O)c(=O)cc1. The Morgan fingerprint density at radius 1 is 1.41 bits per heavy atom. The Bertz CT molecular complexity index is 656. The zero-order valence-electron chi connectivity index (χ0n) is 11.2. The molecule has 1 heterocycles. The van der Waals surface area contributed by atoms with E-state index in [4.69, 9.17) is 4.74 Å². The van der Waals surface area contributed by atoms with E-state index in [0.29, 0.717) is 5.69 Å². The van der Waals surface area contributed by atoms with Crippen molar-refractivity contribution in [3.8, 4) is 5.75 Å². The molecule has 0 aliphatic carbocycles. The monoisotopic (exact) mass is 330 g/mol. The van der Waals surface area contributed by atoms with Gasteiger partial charge in [0.1, 0.15) is 11.1 Å². The molecule has 0 aromatic heterocycles. The molecule has 2 rings (SSSR count). The average Bonchev–Trinajstić information content (AvgIpc) is 2.76. The summed E-state index contributed by atoms with van der Waals surface area (Å²) >= 11 is 4.43. The van der Waals surface area contributed by atoms with Gasteiger partial charge in [0.15, 0.2) is 5.75 Å². The summed E-state index contributed by atoms with van der Waals surface area (Å²) in [5, 5.41) is 11.6. The van der Waals surface area contributed by atoms with Crippen LogP contribution in [0.2, 0.25) is 0 Å². The maximum absolute atomic E-state index is 12.3. The molecule has 118 valence electrons. The molecule has 1 fully saturated rings. The van der Waals surface area contributed by atoms with Crippen molar-refractivity contribution in [1.82, 2.24) is 5.32 Å².